The molecule has 0 saturated heterocycles. The lowest BCUT2D eigenvalue weighted by atomic mass is 10.00. The lowest BCUT2D eigenvalue weighted by Gasteiger charge is -2.16. The van der Waals surface area contributed by atoms with E-state index in [9.17, 15) is 4.79 Å². The Balaban J connectivity index is 1.84. The standard InChI is InChI=1S/C17H29N3O/c1-13(2)17(18)14-9-10-20(11-14)12-16(21)19-15-7-5-3-4-6-8-15/h9-11,13,15,17H,3-8,12,18H2,1-2H3,(H,19,21). The molecular formula is C17H29N3O. The summed E-state index contributed by atoms with van der Waals surface area (Å²) in [6.45, 7) is 4.61. The summed E-state index contributed by atoms with van der Waals surface area (Å²) in [4.78, 5) is 12.1. The van der Waals surface area contributed by atoms with Crippen LogP contribution in [-0.2, 0) is 11.3 Å². The first-order chi connectivity index (χ1) is 10.1. The summed E-state index contributed by atoms with van der Waals surface area (Å²) >= 11 is 0. The van der Waals surface area contributed by atoms with Crippen molar-refractivity contribution in [1.29, 1.82) is 0 Å². The third-order valence-electron chi connectivity index (χ3n) is 4.42. The highest BCUT2D eigenvalue weighted by atomic mass is 16.2. The number of nitrogens with zero attached hydrogens (tertiary/aromatic N) is 1. The number of carbonyl (C=O) groups is 1. The predicted molar refractivity (Wildman–Crippen MR) is 85.8 cm³/mol. The van der Waals surface area contributed by atoms with E-state index in [1.165, 1.54) is 25.7 Å². The summed E-state index contributed by atoms with van der Waals surface area (Å²) in [5.41, 5.74) is 7.24. The predicted octanol–water partition coefficient (Wildman–Crippen LogP) is 2.98. The fraction of sp³-hybridized carbons (Fsp3) is 0.706. The van der Waals surface area contributed by atoms with E-state index in [1.807, 2.05) is 23.0 Å². The monoisotopic (exact) mass is 291 g/mol. The molecule has 1 saturated carbocycles. The smallest absolute Gasteiger partial charge is 0.240 e. The lowest BCUT2D eigenvalue weighted by Crippen LogP contribution is -2.36. The van der Waals surface area contributed by atoms with Crippen LogP contribution in [0.3, 0.4) is 0 Å². The van der Waals surface area contributed by atoms with Crippen LogP contribution in [0.4, 0.5) is 0 Å². The molecule has 0 radical (unpaired) electrons. The van der Waals surface area contributed by atoms with Gasteiger partial charge in [0.2, 0.25) is 5.91 Å². The third kappa shape index (κ3) is 4.88. The van der Waals surface area contributed by atoms with Gasteiger partial charge in [-0.05, 0) is 30.4 Å². The van der Waals surface area contributed by atoms with Gasteiger partial charge in [0.05, 0.1) is 0 Å². The molecule has 1 aliphatic rings. The van der Waals surface area contributed by atoms with Crippen LogP contribution < -0.4 is 11.1 Å². The second kappa shape index (κ2) is 7.64. The summed E-state index contributed by atoms with van der Waals surface area (Å²) in [7, 11) is 0. The van der Waals surface area contributed by atoms with Gasteiger partial charge in [0.25, 0.3) is 0 Å². The van der Waals surface area contributed by atoms with Gasteiger partial charge in [0.1, 0.15) is 6.54 Å². The molecule has 1 aliphatic carbocycles. The van der Waals surface area contributed by atoms with Crippen LogP contribution in [0.1, 0.15) is 64.0 Å². The largest absolute Gasteiger partial charge is 0.352 e. The molecule has 1 atom stereocenters. The Morgan fingerprint density at radius 2 is 2.00 bits per heavy atom. The highest BCUT2D eigenvalue weighted by molar-refractivity contribution is 5.76. The fourth-order valence-corrected chi connectivity index (χ4v) is 3.00. The van der Waals surface area contributed by atoms with Crippen LogP contribution in [-0.4, -0.2) is 16.5 Å². The zero-order valence-electron chi connectivity index (χ0n) is 13.3. The molecule has 21 heavy (non-hydrogen) atoms. The van der Waals surface area contributed by atoms with Gasteiger partial charge in [0, 0.05) is 24.5 Å². The normalized spacial score (nSPS) is 18.5. The quantitative estimate of drug-likeness (QED) is 0.819. The molecule has 1 aromatic rings. The Kier molecular flexibility index (Phi) is 5.85. The zero-order chi connectivity index (χ0) is 15.2. The van der Waals surface area contributed by atoms with Crippen molar-refractivity contribution in [3.63, 3.8) is 0 Å². The topological polar surface area (TPSA) is 60.0 Å². The minimum absolute atomic E-state index is 0.0381. The number of nitrogens with one attached hydrogen (secondary N) is 1. The van der Waals surface area contributed by atoms with E-state index in [4.69, 9.17) is 5.73 Å². The van der Waals surface area contributed by atoms with Crippen molar-refractivity contribution >= 4 is 5.91 Å². The van der Waals surface area contributed by atoms with E-state index in [0.29, 0.717) is 18.5 Å². The lowest BCUT2D eigenvalue weighted by molar-refractivity contribution is -0.122. The van der Waals surface area contributed by atoms with Crippen LogP contribution in [0.5, 0.6) is 0 Å². The van der Waals surface area contributed by atoms with Crippen molar-refractivity contribution in [3.05, 3.63) is 24.0 Å². The molecule has 0 aliphatic heterocycles. The number of rotatable bonds is 5. The van der Waals surface area contributed by atoms with E-state index in [2.05, 4.69) is 19.2 Å². The molecule has 1 aromatic heterocycles. The molecule has 4 nitrogen and oxygen atoms in total. The molecule has 2 rings (SSSR count). The number of hydrogen-bond donors (Lipinski definition) is 2. The highest BCUT2D eigenvalue weighted by Gasteiger charge is 2.16. The molecule has 1 unspecified atom stereocenters. The Morgan fingerprint density at radius 3 is 2.62 bits per heavy atom. The van der Waals surface area contributed by atoms with Gasteiger partial charge in [0.15, 0.2) is 0 Å². The van der Waals surface area contributed by atoms with Crippen molar-refractivity contribution in [2.24, 2.45) is 11.7 Å². The molecule has 0 bridgehead atoms. The van der Waals surface area contributed by atoms with E-state index in [-0.39, 0.29) is 11.9 Å². The van der Waals surface area contributed by atoms with Crippen LogP contribution in [0, 0.1) is 5.92 Å². The Bertz CT molecular complexity index is 445. The molecule has 0 spiro atoms. The van der Waals surface area contributed by atoms with E-state index in [1.54, 1.807) is 0 Å². The average molecular weight is 291 g/mol. The summed E-state index contributed by atoms with van der Waals surface area (Å²) in [5, 5.41) is 3.18. The highest BCUT2D eigenvalue weighted by Crippen LogP contribution is 2.19. The Morgan fingerprint density at radius 1 is 1.33 bits per heavy atom. The molecular weight excluding hydrogens is 262 g/mol. The summed E-state index contributed by atoms with van der Waals surface area (Å²) < 4.78 is 1.93. The number of nitrogens with two attached hydrogens (primary N) is 1. The van der Waals surface area contributed by atoms with E-state index < -0.39 is 0 Å². The Labute approximate surface area is 128 Å². The fourth-order valence-electron chi connectivity index (χ4n) is 3.00. The van der Waals surface area contributed by atoms with Gasteiger partial charge in [-0.1, -0.05) is 39.5 Å². The van der Waals surface area contributed by atoms with Gasteiger partial charge in [-0.2, -0.15) is 0 Å². The van der Waals surface area contributed by atoms with Gasteiger partial charge >= 0.3 is 0 Å². The van der Waals surface area contributed by atoms with Crippen molar-refractivity contribution in [1.82, 2.24) is 9.88 Å². The van der Waals surface area contributed by atoms with E-state index in [0.717, 1.165) is 18.4 Å². The molecule has 0 aromatic carbocycles. The van der Waals surface area contributed by atoms with Crippen molar-refractivity contribution in [3.8, 4) is 0 Å². The average Bonchev–Trinajstić information content (AvgIpc) is 2.74. The van der Waals surface area contributed by atoms with Gasteiger partial charge in [-0.25, -0.2) is 0 Å². The van der Waals surface area contributed by atoms with E-state index >= 15 is 0 Å². The summed E-state index contributed by atoms with van der Waals surface area (Å²) in [6.07, 6.45) is 11.3. The maximum Gasteiger partial charge on any atom is 0.240 e. The number of carbonyl (C=O) groups excluding carboxylic acids is 1. The maximum absolute atomic E-state index is 12.1. The maximum atomic E-state index is 12.1. The van der Waals surface area contributed by atoms with Gasteiger partial charge in [-0.3, -0.25) is 4.79 Å². The first kappa shape index (κ1) is 16.1. The first-order valence-electron chi connectivity index (χ1n) is 8.27. The number of aromatic nitrogens is 1. The van der Waals surface area contributed by atoms with Crippen LogP contribution >= 0.6 is 0 Å². The summed E-state index contributed by atoms with van der Waals surface area (Å²) in [6, 6.07) is 2.42. The number of amides is 1. The molecule has 1 fully saturated rings. The molecule has 3 N–H and O–H groups in total. The second-order valence-corrected chi connectivity index (χ2v) is 6.64. The van der Waals surface area contributed by atoms with Crippen LogP contribution in [0.25, 0.3) is 0 Å². The molecule has 1 amide bonds. The van der Waals surface area contributed by atoms with Crippen molar-refractivity contribution < 1.29 is 4.79 Å². The second-order valence-electron chi connectivity index (χ2n) is 6.64. The first-order valence-corrected chi connectivity index (χ1v) is 8.27. The zero-order valence-corrected chi connectivity index (χ0v) is 13.3. The van der Waals surface area contributed by atoms with Crippen molar-refractivity contribution in [2.45, 2.75) is 71.0 Å². The minimum atomic E-state index is 0.0381. The van der Waals surface area contributed by atoms with Crippen LogP contribution in [0.2, 0.25) is 0 Å². The molecule has 118 valence electrons. The van der Waals surface area contributed by atoms with Gasteiger partial charge in [-0.15, -0.1) is 0 Å². The van der Waals surface area contributed by atoms with Crippen LogP contribution in [0.15, 0.2) is 18.5 Å². The minimum Gasteiger partial charge on any atom is -0.352 e. The third-order valence-corrected chi connectivity index (χ3v) is 4.42. The van der Waals surface area contributed by atoms with Crippen molar-refractivity contribution in [2.75, 3.05) is 0 Å². The Hall–Kier alpha value is -1.29. The van der Waals surface area contributed by atoms with Gasteiger partial charge < -0.3 is 15.6 Å². The summed E-state index contributed by atoms with van der Waals surface area (Å²) in [5.74, 6) is 0.517. The SMILES string of the molecule is CC(C)C(N)c1ccn(CC(=O)NC2CCCCCC2)c1. The number of hydrogen-bond acceptors (Lipinski definition) is 2. The molecule has 1 heterocycles. The molecule has 4 heteroatoms.